The molecule has 0 amide bonds. The molecule has 1 N–H and O–H groups in total. The minimum absolute atomic E-state index is 0.196. The average Bonchev–Trinajstić information content (AvgIpc) is 2.65. The zero-order chi connectivity index (χ0) is 10.5. The third-order valence-electron chi connectivity index (χ3n) is 3.73. The van der Waals surface area contributed by atoms with Crippen molar-refractivity contribution in [1.29, 1.82) is 0 Å². The summed E-state index contributed by atoms with van der Waals surface area (Å²) in [7, 11) is 0. The van der Waals surface area contributed by atoms with Crippen molar-refractivity contribution < 1.29 is 9.85 Å². The summed E-state index contributed by atoms with van der Waals surface area (Å²) in [5, 5.41) is 22.4. The van der Waals surface area contributed by atoms with Crippen LogP contribution in [-0.4, -0.2) is 49.7 Å². The largest absolute Gasteiger partial charge is 0.217 e. The Morgan fingerprint density at radius 2 is 2.13 bits per heavy atom. The zero-order valence-electron chi connectivity index (χ0n) is 8.87. The van der Waals surface area contributed by atoms with E-state index in [1.807, 2.05) is 6.92 Å². The van der Waals surface area contributed by atoms with Gasteiger partial charge in [-0.2, -0.15) is 9.44 Å². The van der Waals surface area contributed by atoms with E-state index in [0.29, 0.717) is 11.7 Å². The average molecular weight is 210 g/mol. The van der Waals surface area contributed by atoms with E-state index >= 15 is 0 Å². The summed E-state index contributed by atoms with van der Waals surface area (Å²) in [5.74, 6) is 1.32. The number of nitrogens with zero attached hydrogens (tertiary/aromatic N) is 5. The Bertz CT molecular complexity index is 368. The third-order valence-corrected chi connectivity index (χ3v) is 3.73. The van der Waals surface area contributed by atoms with Crippen molar-refractivity contribution >= 4 is 0 Å². The lowest BCUT2D eigenvalue weighted by molar-refractivity contribution is -1.11. The van der Waals surface area contributed by atoms with Crippen LogP contribution in [0.2, 0.25) is 0 Å². The molecule has 1 atom stereocenters. The van der Waals surface area contributed by atoms with Crippen molar-refractivity contribution in [1.82, 2.24) is 20.2 Å². The fourth-order valence-corrected chi connectivity index (χ4v) is 2.83. The fourth-order valence-electron chi connectivity index (χ4n) is 2.83. The molecule has 3 aliphatic heterocycles. The van der Waals surface area contributed by atoms with Crippen LogP contribution in [0.4, 0.5) is 0 Å². The Hall–Kier alpha value is -1.01. The highest BCUT2D eigenvalue weighted by molar-refractivity contribution is 4.81. The minimum atomic E-state index is 0.196. The van der Waals surface area contributed by atoms with Crippen LogP contribution in [-0.2, 0) is 0 Å². The van der Waals surface area contributed by atoms with Crippen LogP contribution < -0.4 is 0 Å². The van der Waals surface area contributed by atoms with Crippen molar-refractivity contribution in [2.24, 2.45) is 5.92 Å². The van der Waals surface area contributed by atoms with Crippen LogP contribution in [0, 0.1) is 12.8 Å². The number of piperidine rings is 3. The van der Waals surface area contributed by atoms with E-state index < -0.39 is 0 Å². The Labute approximate surface area is 88.0 Å². The van der Waals surface area contributed by atoms with Gasteiger partial charge in [-0.25, -0.2) is 5.21 Å². The molecule has 0 radical (unpaired) electrons. The number of hydroxylamine groups is 3. The molecule has 3 fully saturated rings. The first-order chi connectivity index (χ1) is 7.16. The monoisotopic (exact) mass is 210 g/mol. The molecule has 1 aromatic rings. The topological polar surface area (TPSA) is 63.8 Å². The molecular weight excluding hydrogens is 194 g/mol. The molecule has 4 rings (SSSR count). The van der Waals surface area contributed by atoms with E-state index in [1.165, 1.54) is 0 Å². The number of hydrogen-bond acceptors (Lipinski definition) is 4. The first-order valence-electron chi connectivity index (χ1n) is 5.51. The maximum Gasteiger partial charge on any atom is 0.171 e. The molecule has 1 unspecified atom stereocenters. The summed E-state index contributed by atoms with van der Waals surface area (Å²) in [5.41, 5.74) is 0. The van der Waals surface area contributed by atoms with E-state index in [0.717, 1.165) is 32.5 Å². The highest BCUT2D eigenvalue weighted by atomic mass is 16.5. The summed E-state index contributed by atoms with van der Waals surface area (Å²) in [6.07, 6.45) is 2.14. The Kier molecular flexibility index (Phi) is 1.84. The second-order valence-electron chi connectivity index (χ2n) is 4.79. The van der Waals surface area contributed by atoms with Crippen LogP contribution >= 0.6 is 0 Å². The molecule has 0 saturated carbocycles. The van der Waals surface area contributed by atoms with Gasteiger partial charge in [-0.05, 0) is 18.1 Å². The first kappa shape index (κ1) is 9.23. The van der Waals surface area contributed by atoms with Crippen molar-refractivity contribution in [2.75, 3.05) is 19.6 Å². The summed E-state index contributed by atoms with van der Waals surface area (Å²) < 4.78 is 0.196. The minimum Gasteiger partial charge on any atom is -0.217 e. The number of fused-ring (bicyclic) bond motifs is 3. The predicted octanol–water partition coefficient (Wildman–Crippen LogP) is 0.152. The zero-order valence-corrected chi connectivity index (χ0v) is 8.87. The molecule has 1 aromatic heterocycles. The van der Waals surface area contributed by atoms with Gasteiger partial charge in [-0.1, -0.05) is 0 Å². The predicted molar refractivity (Wildman–Crippen MR) is 51.0 cm³/mol. The molecule has 15 heavy (non-hydrogen) atoms. The number of hydrogen-bond donors (Lipinski definition) is 1. The molecule has 0 spiro atoms. The van der Waals surface area contributed by atoms with Crippen LogP contribution in [0.5, 0.6) is 0 Å². The summed E-state index contributed by atoms with van der Waals surface area (Å²) >= 11 is 0. The van der Waals surface area contributed by atoms with E-state index in [-0.39, 0.29) is 10.7 Å². The van der Waals surface area contributed by atoms with Gasteiger partial charge in [0.2, 0.25) is 0 Å². The van der Waals surface area contributed by atoms with Crippen molar-refractivity contribution in [3.63, 3.8) is 0 Å². The second kappa shape index (κ2) is 2.99. The van der Waals surface area contributed by atoms with Gasteiger partial charge in [0.1, 0.15) is 25.7 Å². The van der Waals surface area contributed by atoms with Crippen molar-refractivity contribution in [3.05, 3.63) is 5.82 Å². The van der Waals surface area contributed by atoms with Crippen molar-refractivity contribution in [2.45, 2.75) is 25.8 Å². The molecule has 3 saturated heterocycles. The Balaban J connectivity index is 1.88. The third kappa shape index (κ3) is 1.44. The molecule has 6 heteroatoms. The SMILES string of the molecule is Cc1nnn(C2C[N+]3(O)CCC2CC3)n1. The van der Waals surface area contributed by atoms with Gasteiger partial charge in [0.25, 0.3) is 0 Å². The number of tetrazole rings is 1. The molecule has 82 valence electrons. The molecule has 2 bridgehead atoms. The Morgan fingerprint density at radius 1 is 1.40 bits per heavy atom. The fraction of sp³-hybridized carbons (Fsp3) is 0.889. The molecule has 0 aliphatic carbocycles. The van der Waals surface area contributed by atoms with E-state index in [1.54, 1.807) is 4.80 Å². The number of rotatable bonds is 1. The quantitative estimate of drug-likeness (QED) is 0.670. The van der Waals surface area contributed by atoms with Gasteiger partial charge in [0, 0.05) is 12.8 Å². The molecule has 0 aromatic carbocycles. The number of aryl methyl sites for hydroxylation is 1. The van der Waals surface area contributed by atoms with Crippen molar-refractivity contribution in [3.8, 4) is 0 Å². The highest BCUT2D eigenvalue weighted by Gasteiger charge is 2.47. The first-order valence-corrected chi connectivity index (χ1v) is 5.51. The van der Waals surface area contributed by atoms with E-state index in [2.05, 4.69) is 15.4 Å². The molecule has 3 aliphatic rings. The van der Waals surface area contributed by atoms with Crippen LogP contribution in [0.15, 0.2) is 0 Å². The molecular formula is C9H16N5O+. The van der Waals surface area contributed by atoms with E-state index in [4.69, 9.17) is 0 Å². The number of quaternary nitrogens is 1. The smallest absolute Gasteiger partial charge is 0.171 e. The van der Waals surface area contributed by atoms with Gasteiger partial charge in [0.05, 0.1) is 0 Å². The lowest BCUT2D eigenvalue weighted by Crippen LogP contribution is -2.60. The lowest BCUT2D eigenvalue weighted by atomic mass is 9.84. The van der Waals surface area contributed by atoms with Gasteiger partial charge >= 0.3 is 0 Å². The summed E-state index contributed by atoms with van der Waals surface area (Å²) in [6.45, 7) is 4.35. The van der Waals surface area contributed by atoms with Crippen LogP contribution in [0.3, 0.4) is 0 Å². The normalized spacial score (nSPS) is 39.6. The Morgan fingerprint density at radius 3 is 2.67 bits per heavy atom. The maximum atomic E-state index is 10.2. The summed E-state index contributed by atoms with van der Waals surface area (Å²) in [4.78, 5) is 1.70. The van der Waals surface area contributed by atoms with Gasteiger partial charge in [0.15, 0.2) is 5.82 Å². The highest BCUT2D eigenvalue weighted by Crippen LogP contribution is 2.38. The van der Waals surface area contributed by atoms with Gasteiger partial charge < -0.3 is 0 Å². The second-order valence-corrected chi connectivity index (χ2v) is 4.79. The molecule has 6 nitrogen and oxygen atoms in total. The van der Waals surface area contributed by atoms with Gasteiger partial charge in [-0.15, -0.1) is 10.2 Å². The standard InChI is InChI=1S/C9H16N5O/c1-7-10-12-13(11-7)9-6-14(15)4-2-8(9)3-5-14/h8-9,15H,2-6H2,1H3/q+1. The van der Waals surface area contributed by atoms with Crippen LogP contribution in [0.1, 0.15) is 24.7 Å². The van der Waals surface area contributed by atoms with Crippen LogP contribution in [0.25, 0.3) is 0 Å². The number of aromatic nitrogens is 4. The van der Waals surface area contributed by atoms with E-state index in [9.17, 15) is 5.21 Å². The maximum absolute atomic E-state index is 10.2. The lowest BCUT2D eigenvalue weighted by Gasteiger charge is -2.46. The summed E-state index contributed by atoms with van der Waals surface area (Å²) in [6, 6.07) is 0.235. The van der Waals surface area contributed by atoms with Gasteiger partial charge in [-0.3, -0.25) is 0 Å². The molecule has 4 heterocycles.